The molecular weight excluding hydrogens is 330 g/mol. The SMILES string of the molecule is Cc1nc(SCC(=O)NCCc2ccccc2)n(C2CCCC2)c1C. The first-order valence-electron chi connectivity index (χ1n) is 9.14. The lowest BCUT2D eigenvalue weighted by Crippen LogP contribution is -2.27. The van der Waals surface area contributed by atoms with Gasteiger partial charge < -0.3 is 9.88 Å². The second-order valence-electron chi connectivity index (χ2n) is 6.75. The Bertz CT molecular complexity index is 705. The molecule has 0 atom stereocenters. The normalized spacial score (nSPS) is 14.8. The highest BCUT2D eigenvalue weighted by molar-refractivity contribution is 7.99. The van der Waals surface area contributed by atoms with Crippen molar-refractivity contribution in [1.29, 1.82) is 0 Å². The number of nitrogens with one attached hydrogen (secondary N) is 1. The predicted molar refractivity (Wildman–Crippen MR) is 103 cm³/mol. The maximum Gasteiger partial charge on any atom is 0.230 e. The topological polar surface area (TPSA) is 46.9 Å². The number of thioether (sulfide) groups is 1. The average molecular weight is 358 g/mol. The Kier molecular flexibility index (Phi) is 6.19. The number of benzene rings is 1. The molecule has 0 saturated heterocycles. The fraction of sp³-hybridized carbons (Fsp3) is 0.500. The summed E-state index contributed by atoms with van der Waals surface area (Å²) in [6.45, 7) is 4.88. The van der Waals surface area contributed by atoms with Gasteiger partial charge in [0.1, 0.15) is 0 Å². The molecule has 2 aromatic rings. The Hall–Kier alpha value is -1.75. The minimum absolute atomic E-state index is 0.0807. The Morgan fingerprint density at radius 2 is 1.96 bits per heavy atom. The zero-order valence-electron chi connectivity index (χ0n) is 15.1. The summed E-state index contributed by atoms with van der Waals surface area (Å²) < 4.78 is 2.37. The molecule has 1 aromatic carbocycles. The molecule has 1 amide bonds. The molecule has 134 valence electrons. The summed E-state index contributed by atoms with van der Waals surface area (Å²) in [7, 11) is 0. The van der Waals surface area contributed by atoms with Crippen LogP contribution in [-0.2, 0) is 11.2 Å². The second kappa shape index (κ2) is 8.56. The van der Waals surface area contributed by atoms with E-state index in [1.54, 1.807) is 11.8 Å². The van der Waals surface area contributed by atoms with E-state index in [0.717, 1.165) is 17.3 Å². The summed E-state index contributed by atoms with van der Waals surface area (Å²) in [6.07, 6.45) is 5.92. The molecule has 1 N–H and O–H groups in total. The first-order valence-corrected chi connectivity index (χ1v) is 10.1. The molecular formula is C20H27N3OS. The van der Waals surface area contributed by atoms with E-state index < -0.39 is 0 Å². The van der Waals surface area contributed by atoms with Gasteiger partial charge in [0.15, 0.2) is 5.16 Å². The third-order valence-electron chi connectivity index (χ3n) is 4.96. The molecule has 0 bridgehead atoms. The predicted octanol–water partition coefficient (Wildman–Crippen LogP) is 4.07. The number of carbonyl (C=O) groups is 1. The maximum absolute atomic E-state index is 12.2. The van der Waals surface area contributed by atoms with Crippen LogP contribution in [0.5, 0.6) is 0 Å². The number of rotatable bonds is 7. The van der Waals surface area contributed by atoms with Crippen molar-refractivity contribution in [3.8, 4) is 0 Å². The fourth-order valence-corrected chi connectivity index (χ4v) is 4.45. The van der Waals surface area contributed by atoms with Gasteiger partial charge in [-0.2, -0.15) is 0 Å². The van der Waals surface area contributed by atoms with Crippen LogP contribution in [0.1, 0.15) is 48.7 Å². The van der Waals surface area contributed by atoms with Crippen molar-refractivity contribution < 1.29 is 4.79 Å². The van der Waals surface area contributed by atoms with Crippen molar-refractivity contribution in [2.75, 3.05) is 12.3 Å². The van der Waals surface area contributed by atoms with Gasteiger partial charge in [0.2, 0.25) is 5.91 Å². The highest BCUT2D eigenvalue weighted by Gasteiger charge is 2.23. The standard InChI is InChI=1S/C20H27N3OS/c1-15-16(2)23(18-10-6-7-11-18)20(22-15)25-14-19(24)21-13-12-17-8-4-3-5-9-17/h3-5,8-9,18H,6-7,10-14H2,1-2H3,(H,21,24). The number of imidazole rings is 1. The van der Waals surface area contributed by atoms with Gasteiger partial charge in [-0.1, -0.05) is 54.9 Å². The smallest absolute Gasteiger partial charge is 0.230 e. The Morgan fingerprint density at radius 1 is 1.24 bits per heavy atom. The number of amides is 1. The van der Waals surface area contributed by atoms with E-state index in [1.807, 2.05) is 18.2 Å². The van der Waals surface area contributed by atoms with Gasteiger partial charge in [-0.3, -0.25) is 4.79 Å². The van der Waals surface area contributed by atoms with Crippen LogP contribution in [0.4, 0.5) is 0 Å². The monoisotopic (exact) mass is 357 g/mol. The van der Waals surface area contributed by atoms with Gasteiger partial charge in [-0.15, -0.1) is 0 Å². The molecule has 3 rings (SSSR count). The third-order valence-corrected chi connectivity index (χ3v) is 5.91. The van der Waals surface area contributed by atoms with Crippen molar-refractivity contribution in [1.82, 2.24) is 14.9 Å². The molecule has 25 heavy (non-hydrogen) atoms. The van der Waals surface area contributed by atoms with Gasteiger partial charge in [-0.05, 0) is 38.7 Å². The van der Waals surface area contributed by atoms with Crippen LogP contribution in [0.3, 0.4) is 0 Å². The summed E-state index contributed by atoms with van der Waals surface area (Å²) in [5.74, 6) is 0.509. The van der Waals surface area contributed by atoms with Gasteiger partial charge in [0.25, 0.3) is 0 Å². The van der Waals surface area contributed by atoms with Crippen molar-refractivity contribution in [3.05, 3.63) is 47.3 Å². The number of hydrogen-bond donors (Lipinski definition) is 1. The molecule has 5 heteroatoms. The third kappa shape index (κ3) is 4.66. The lowest BCUT2D eigenvalue weighted by atomic mass is 10.1. The number of hydrogen-bond acceptors (Lipinski definition) is 3. The fourth-order valence-electron chi connectivity index (χ4n) is 3.46. The van der Waals surface area contributed by atoms with Crippen molar-refractivity contribution >= 4 is 17.7 Å². The molecule has 1 saturated carbocycles. The lowest BCUT2D eigenvalue weighted by molar-refractivity contribution is -0.118. The van der Waals surface area contributed by atoms with Gasteiger partial charge in [0.05, 0.1) is 11.4 Å². The summed E-state index contributed by atoms with van der Waals surface area (Å²) in [5, 5.41) is 4.02. The van der Waals surface area contributed by atoms with Crippen LogP contribution in [0.2, 0.25) is 0 Å². The molecule has 1 fully saturated rings. The van der Waals surface area contributed by atoms with Crippen molar-refractivity contribution in [3.63, 3.8) is 0 Å². The van der Waals surface area contributed by atoms with Crippen LogP contribution >= 0.6 is 11.8 Å². The van der Waals surface area contributed by atoms with E-state index in [0.29, 0.717) is 18.3 Å². The van der Waals surface area contributed by atoms with Gasteiger partial charge in [0, 0.05) is 18.3 Å². The molecule has 1 aromatic heterocycles. The number of aromatic nitrogens is 2. The minimum Gasteiger partial charge on any atom is -0.355 e. The Morgan fingerprint density at radius 3 is 2.68 bits per heavy atom. The summed E-state index contributed by atoms with van der Waals surface area (Å²) in [4.78, 5) is 16.9. The summed E-state index contributed by atoms with van der Waals surface area (Å²) in [6, 6.07) is 10.8. The van der Waals surface area contributed by atoms with Crippen LogP contribution in [0.15, 0.2) is 35.5 Å². The quantitative estimate of drug-likeness (QED) is 0.760. The van der Waals surface area contributed by atoms with Crippen LogP contribution < -0.4 is 5.32 Å². The van der Waals surface area contributed by atoms with E-state index in [2.05, 4.69) is 35.9 Å². The van der Waals surface area contributed by atoms with Crippen LogP contribution in [-0.4, -0.2) is 27.8 Å². The maximum atomic E-state index is 12.2. The molecule has 4 nitrogen and oxygen atoms in total. The highest BCUT2D eigenvalue weighted by Crippen LogP contribution is 2.35. The number of carbonyl (C=O) groups excluding carboxylic acids is 1. The average Bonchev–Trinajstić information content (AvgIpc) is 3.23. The molecule has 1 heterocycles. The van der Waals surface area contributed by atoms with Crippen LogP contribution in [0, 0.1) is 13.8 Å². The summed E-state index contributed by atoms with van der Waals surface area (Å²) in [5.41, 5.74) is 3.58. The number of nitrogens with zero attached hydrogens (tertiary/aromatic N) is 2. The lowest BCUT2D eigenvalue weighted by Gasteiger charge is -2.16. The van der Waals surface area contributed by atoms with Crippen molar-refractivity contribution in [2.45, 2.75) is 57.1 Å². The second-order valence-corrected chi connectivity index (χ2v) is 7.69. The van der Waals surface area contributed by atoms with Gasteiger partial charge >= 0.3 is 0 Å². The van der Waals surface area contributed by atoms with E-state index in [9.17, 15) is 4.79 Å². The number of aryl methyl sites for hydroxylation is 1. The van der Waals surface area contributed by atoms with E-state index in [-0.39, 0.29) is 5.91 Å². The molecule has 0 radical (unpaired) electrons. The zero-order chi connectivity index (χ0) is 17.6. The van der Waals surface area contributed by atoms with Gasteiger partial charge in [-0.25, -0.2) is 4.98 Å². The van der Waals surface area contributed by atoms with E-state index >= 15 is 0 Å². The molecule has 0 unspecified atom stereocenters. The highest BCUT2D eigenvalue weighted by atomic mass is 32.2. The van der Waals surface area contributed by atoms with Crippen molar-refractivity contribution in [2.24, 2.45) is 0 Å². The molecule has 1 aliphatic rings. The zero-order valence-corrected chi connectivity index (χ0v) is 15.9. The molecule has 0 spiro atoms. The first-order chi connectivity index (χ1) is 12.1. The Balaban J connectivity index is 1.51. The Labute approximate surface area is 154 Å². The minimum atomic E-state index is 0.0807. The molecule has 0 aliphatic heterocycles. The largest absolute Gasteiger partial charge is 0.355 e. The summed E-state index contributed by atoms with van der Waals surface area (Å²) >= 11 is 1.56. The van der Waals surface area contributed by atoms with E-state index in [1.165, 1.54) is 36.9 Å². The first kappa shape index (κ1) is 18.1. The molecule has 1 aliphatic carbocycles. The van der Waals surface area contributed by atoms with E-state index in [4.69, 9.17) is 4.98 Å². The van der Waals surface area contributed by atoms with Crippen LogP contribution in [0.25, 0.3) is 0 Å².